The fourth-order valence-corrected chi connectivity index (χ4v) is 4.02. The second-order valence-corrected chi connectivity index (χ2v) is 8.25. The van der Waals surface area contributed by atoms with Gasteiger partial charge in [0, 0.05) is 18.5 Å². The number of aliphatic carboxylic acids is 1. The normalized spacial score (nSPS) is 13.1. The molecule has 0 aliphatic carbocycles. The van der Waals surface area contributed by atoms with Crippen molar-refractivity contribution in [3.8, 4) is 17.4 Å². The number of nitrogens with zero attached hydrogens (tertiary/aromatic N) is 3. The molecule has 0 saturated heterocycles. The number of benzene rings is 2. The lowest BCUT2D eigenvalue weighted by Gasteiger charge is -2.28. The second kappa shape index (κ2) is 8.51. The first-order chi connectivity index (χ1) is 15.3. The summed E-state index contributed by atoms with van der Waals surface area (Å²) in [6.07, 6.45) is 4.36. The van der Waals surface area contributed by atoms with Crippen molar-refractivity contribution in [3.05, 3.63) is 61.1 Å². The van der Waals surface area contributed by atoms with E-state index in [4.69, 9.17) is 14.6 Å². The molecule has 1 aliphatic heterocycles. The summed E-state index contributed by atoms with van der Waals surface area (Å²) < 4.78 is 39.1. The van der Waals surface area contributed by atoms with Gasteiger partial charge in [-0.2, -0.15) is 0 Å². The molecule has 0 unspecified atom stereocenters. The lowest BCUT2D eigenvalue weighted by Crippen LogP contribution is -2.42. The third-order valence-electron chi connectivity index (χ3n) is 4.33. The zero-order valence-electron chi connectivity index (χ0n) is 16.3. The number of aromatic nitrogens is 2. The molecule has 2 N–H and O–H groups in total. The number of fused-ring (bicyclic) bond motifs is 1. The molecule has 0 radical (unpaired) electrons. The molecule has 1 aromatic heterocycles. The quantitative estimate of drug-likeness (QED) is 0.543. The molecule has 0 atom stereocenters. The van der Waals surface area contributed by atoms with Gasteiger partial charge in [0.05, 0.1) is 22.5 Å². The molecule has 1 aliphatic rings. The number of carboxylic acid groups (broad SMARTS) is 1. The second-order valence-electron chi connectivity index (χ2n) is 6.57. The van der Waals surface area contributed by atoms with Crippen molar-refractivity contribution < 1.29 is 32.6 Å². The zero-order valence-corrected chi connectivity index (χ0v) is 17.2. The highest BCUT2D eigenvalue weighted by atomic mass is 32.2. The van der Waals surface area contributed by atoms with Crippen molar-refractivity contribution >= 4 is 33.3 Å². The highest BCUT2D eigenvalue weighted by Crippen LogP contribution is 2.34. The Bertz CT molecular complexity index is 1280. The lowest BCUT2D eigenvalue weighted by molar-refractivity contribution is -0.137. The van der Waals surface area contributed by atoms with Crippen molar-refractivity contribution in [1.82, 2.24) is 9.97 Å². The predicted octanol–water partition coefficient (Wildman–Crippen LogP) is 1.88. The van der Waals surface area contributed by atoms with E-state index in [1.807, 2.05) is 0 Å². The van der Waals surface area contributed by atoms with Crippen LogP contribution >= 0.6 is 0 Å². The molecular formula is C20H16N4O7S. The predicted molar refractivity (Wildman–Crippen MR) is 111 cm³/mol. The minimum absolute atomic E-state index is 0.0614. The van der Waals surface area contributed by atoms with Gasteiger partial charge in [-0.15, -0.1) is 0 Å². The maximum atomic E-state index is 12.9. The molecule has 3 aromatic rings. The SMILES string of the molecule is O=C(O)CN1C(=O)COc2ccc(S(=O)(=O)Nc3cccc(Oc4cnccn4)c3)cc21. The first kappa shape index (κ1) is 21.1. The van der Waals surface area contributed by atoms with Gasteiger partial charge in [-0.3, -0.25) is 24.2 Å². The molecule has 0 fully saturated rings. The van der Waals surface area contributed by atoms with Crippen molar-refractivity contribution in [1.29, 1.82) is 0 Å². The Morgan fingerprint density at radius 3 is 2.81 bits per heavy atom. The fourth-order valence-electron chi connectivity index (χ4n) is 2.95. The van der Waals surface area contributed by atoms with Crippen LogP contribution in [0.25, 0.3) is 0 Å². The van der Waals surface area contributed by atoms with Crippen LogP contribution in [-0.4, -0.2) is 48.5 Å². The molecule has 2 heterocycles. The summed E-state index contributed by atoms with van der Waals surface area (Å²) in [5.74, 6) is -1.04. The van der Waals surface area contributed by atoms with E-state index >= 15 is 0 Å². The average Bonchev–Trinajstić information content (AvgIpc) is 2.76. The van der Waals surface area contributed by atoms with Crippen LogP contribution in [0.1, 0.15) is 0 Å². The van der Waals surface area contributed by atoms with E-state index in [0.717, 1.165) is 4.90 Å². The highest BCUT2D eigenvalue weighted by Gasteiger charge is 2.29. The first-order valence-electron chi connectivity index (χ1n) is 9.17. The molecule has 11 nitrogen and oxygen atoms in total. The summed E-state index contributed by atoms with van der Waals surface area (Å²) in [5.41, 5.74) is 0.282. The van der Waals surface area contributed by atoms with E-state index in [-0.39, 0.29) is 34.5 Å². The summed E-state index contributed by atoms with van der Waals surface area (Å²) >= 11 is 0. The van der Waals surface area contributed by atoms with E-state index in [1.54, 1.807) is 12.1 Å². The maximum Gasteiger partial charge on any atom is 0.323 e. The minimum Gasteiger partial charge on any atom is -0.482 e. The number of amides is 1. The molecule has 4 rings (SSSR count). The lowest BCUT2D eigenvalue weighted by atomic mass is 10.2. The minimum atomic E-state index is -4.08. The fraction of sp³-hybridized carbons (Fsp3) is 0.100. The summed E-state index contributed by atoms with van der Waals surface area (Å²) in [6.45, 7) is -0.947. The van der Waals surface area contributed by atoms with Gasteiger partial charge >= 0.3 is 5.97 Å². The molecule has 2 aromatic carbocycles. The largest absolute Gasteiger partial charge is 0.482 e. The number of hydrogen-bond acceptors (Lipinski definition) is 8. The van der Waals surface area contributed by atoms with E-state index in [0.29, 0.717) is 5.75 Å². The van der Waals surface area contributed by atoms with Gasteiger partial charge in [0.1, 0.15) is 18.0 Å². The van der Waals surface area contributed by atoms with E-state index in [2.05, 4.69) is 14.7 Å². The molecule has 1 amide bonds. The molecule has 32 heavy (non-hydrogen) atoms. The van der Waals surface area contributed by atoms with Crippen LogP contribution in [0.15, 0.2) is 66.0 Å². The number of carbonyl (C=O) groups excluding carboxylic acids is 1. The first-order valence-corrected chi connectivity index (χ1v) is 10.7. The Balaban J connectivity index is 1.59. The van der Waals surface area contributed by atoms with Crippen LogP contribution < -0.4 is 19.1 Å². The summed E-state index contributed by atoms with van der Waals surface area (Å²) in [4.78, 5) is 31.9. The third-order valence-corrected chi connectivity index (χ3v) is 5.70. The van der Waals surface area contributed by atoms with Gasteiger partial charge in [0.25, 0.3) is 15.9 Å². The van der Waals surface area contributed by atoms with Crippen LogP contribution in [0, 0.1) is 0 Å². The Kier molecular flexibility index (Phi) is 5.60. The number of hydrogen-bond donors (Lipinski definition) is 2. The van der Waals surface area contributed by atoms with Crippen LogP contribution in [0.2, 0.25) is 0 Å². The van der Waals surface area contributed by atoms with Crippen LogP contribution in [0.4, 0.5) is 11.4 Å². The highest BCUT2D eigenvalue weighted by molar-refractivity contribution is 7.92. The van der Waals surface area contributed by atoms with Gasteiger partial charge in [0.2, 0.25) is 5.88 Å². The van der Waals surface area contributed by atoms with Gasteiger partial charge in [0.15, 0.2) is 6.61 Å². The Morgan fingerprint density at radius 2 is 2.06 bits per heavy atom. The van der Waals surface area contributed by atoms with Gasteiger partial charge < -0.3 is 14.6 Å². The van der Waals surface area contributed by atoms with Crippen molar-refractivity contribution in [2.24, 2.45) is 0 Å². The average molecular weight is 456 g/mol. The molecule has 0 spiro atoms. The van der Waals surface area contributed by atoms with E-state index < -0.39 is 28.4 Å². The Labute approximate surface area is 182 Å². The molecule has 164 valence electrons. The van der Waals surface area contributed by atoms with Gasteiger partial charge in [-0.25, -0.2) is 13.4 Å². The van der Waals surface area contributed by atoms with E-state index in [9.17, 15) is 18.0 Å². The van der Waals surface area contributed by atoms with Crippen LogP contribution in [0.5, 0.6) is 17.4 Å². The smallest absolute Gasteiger partial charge is 0.323 e. The van der Waals surface area contributed by atoms with Gasteiger partial charge in [-0.1, -0.05) is 6.07 Å². The number of carboxylic acids is 1. The number of sulfonamides is 1. The summed E-state index contributed by atoms with van der Waals surface area (Å²) in [7, 11) is -4.08. The van der Waals surface area contributed by atoms with Crippen LogP contribution in [0.3, 0.4) is 0 Å². The number of ether oxygens (including phenoxy) is 2. The van der Waals surface area contributed by atoms with Crippen LogP contribution in [-0.2, 0) is 19.6 Å². The number of carbonyl (C=O) groups is 2. The van der Waals surface area contributed by atoms with Crippen molar-refractivity contribution in [2.45, 2.75) is 4.90 Å². The number of rotatable bonds is 7. The Hall–Kier alpha value is -4.19. The van der Waals surface area contributed by atoms with E-state index in [1.165, 1.54) is 48.9 Å². The summed E-state index contributed by atoms with van der Waals surface area (Å²) in [6, 6.07) is 10.1. The summed E-state index contributed by atoms with van der Waals surface area (Å²) in [5, 5.41) is 9.08. The monoisotopic (exact) mass is 456 g/mol. The molecule has 0 saturated carbocycles. The topological polar surface area (TPSA) is 148 Å². The van der Waals surface area contributed by atoms with Crippen molar-refractivity contribution in [3.63, 3.8) is 0 Å². The maximum absolute atomic E-state index is 12.9. The molecule has 12 heteroatoms. The number of anilines is 2. The van der Waals surface area contributed by atoms with Gasteiger partial charge in [-0.05, 0) is 30.3 Å². The third kappa shape index (κ3) is 4.59. The zero-order chi connectivity index (χ0) is 22.7. The molecule has 0 bridgehead atoms. The Morgan fingerprint density at radius 1 is 1.22 bits per heavy atom. The standard InChI is InChI=1S/C20H16N4O7S/c25-19-12-30-17-5-4-15(9-16(17)24(19)11-20(26)27)32(28,29)23-13-2-1-3-14(8-13)31-18-10-21-6-7-22-18/h1-10,23H,11-12H2,(H,26,27). The number of nitrogens with one attached hydrogen (secondary N) is 1. The van der Waals surface area contributed by atoms with Crippen molar-refractivity contribution in [2.75, 3.05) is 22.8 Å². The molecular weight excluding hydrogens is 440 g/mol.